The number of amides is 1. The average Bonchev–Trinajstić information content (AvgIpc) is 3.26. The Morgan fingerprint density at radius 2 is 1.81 bits per heavy atom. The lowest BCUT2D eigenvalue weighted by atomic mass is 10.1. The second-order valence-corrected chi connectivity index (χ2v) is 8.66. The molecule has 1 fully saturated rings. The second-order valence-electron chi connectivity index (χ2n) is 7.60. The number of hydrogen-bond donors (Lipinski definition) is 2. The van der Waals surface area contributed by atoms with Gasteiger partial charge in [0.15, 0.2) is 0 Å². The number of unbranched alkanes of at least 4 members (excludes halogenated alkanes) is 1. The molecule has 1 atom stereocenters. The van der Waals surface area contributed by atoms with Crippen LogP contribution in [0.25, 0.3) is 0 Å². The van der Waals surface area contributed by atoms with Gasteiger partial charge in [0, 0.05) is 34.8 Å². The maximum Gasteiger partial charge on any atom is 0.305 e. The van der Waals surface area contributed by atoms with Gasteiger partial charge in [-0.2, -0.15) is 5.10 Å². The van der Waals surface area contributed by atoms with Crippen LogP contribution in [-0.2, 0) is 9.53 Å². The minimum Gasteiger partial charge on any atom is -0.469 e. The number of nitro benzene ring substituents is 2. The van der Waals surface area contributed by atoms with E-state index in [0.717, 1.165) is 23.1 Å². The molecule has 0 aliphatic carbocycles. The first kappa shape index (κ1) is 26.3. The van der Waals surface area contributed by atoms with E-state index in [4.69, 9.17) is 0 Å². The first-order valence-electron chi connectivity index (χ1n) is 10.8. The lowest BCUT2D eigenvalue weighted by molar-refractivity contribution is -0.394. The number of nitro groups is 2. The van der Waals surface area contributed by atoms with Crippen molar-refractivity contribution in [1.29, 1.82) is 0 Å². The van der Waals surface area contributed by atoms with Crippen LogP contribution in [0.1, 0.15) is 29.6 Å². The zero-order valence-corrected chi connectivity index (χ0v) is 20.0. The van der Waals surface area contributed by atoms with Crippen molar-refractivity contribution in [2.45, 2.75) is 25.3 Å². The maximum atomic E-state index is 12.7. The zero-order valence-electron chi connectivity index (χ0n) is 19.2. The van der Waals surface area contributed by atoms with Crippen LogP contribution < -0.4 is 10.7 Å². The highest BCUT2D eigenvalue weighted by atomic mass is 32.2. The number of carbonyl (C=O) groups excluding carboxylic acids is 2. The van der Waals surface area contributed by atoms with Crippen molar-refractivity contribution in [3.05, 3.63) is 85.3 Å². The Kier molecular flexibility index (Phi) is 9.11. The number of esters is 1. The molecule has 1 amide bonds. The van der Waals surface area contributed by atoms with Gasteiger partial charge in [0.05, 0.1) is 40.5 Å². The van der Waals surface area contributed by atoms with Gasteiger partial charge in [0.1, 0.15) is 0 Å². The molecule has 1 saturated heterocycles. The van der Waals surface area contributed by atoms with Gasteiger partial charge in [0.2, 0.25) is 0 Å². The van der Waals surface area contributed by atoms with E-state index in [1.165, 1.54) is 18.9 Å². The molecule has 0 spiro atoms. The molecule has 0 radical (unpaired) electrons. The molecule has 2 N–H and O–H groups in total. The molecule has 13 heteroatoms. The Balaban J connectivity index is 1.85. The van der Waals surface area contributed by atoms with Gasteiger partial charge in [-0.15, -0.1) is 11.8 Å². The number of non-ortho nitro benzene ring substituents is 2. The summed E-state index contributed by atoms with van der Waals surface area (Å²) < 4.78 is 4.64. The summed E-state index contributed by atoms with van der Waals surface area (Å²) in [4.78, 5) is 45.8. The summed E-state index contributed by atoms with van der Waals surface area (Å²) in [6, 6.07) is 11.3. The van der Waals surface area contributed by atoms with Gasteiger partial charge in [0.25, 0.3) is 17.3 Å². The molecule has 12 nitrogen and oxygen atoms in total. The number of carbonyl (C=O) groups is 2. The third-order valence-electron chi connectivity index (χ3n) is 5.10. The first-order chi connectivity index (χ1) is 17.3. The van der Waals surface area contributed by atoms with Gasteiger partial charge in [-0.25, -0.2) is 0 Å². The number of benzene rings is 2. The van der Waals surface area contributed by atoms with Crippen molar-refractivity contribution in [3.63, 3.8) is 0 Å². The van der Waals surface area contributed by atoms with E-state index < -0.39 is 27.3 Å². The van der Waals surface area contributed by atoms with E-state index in [2.05, 4.69) is 20.6 Å². The molecular weight excluding hydrogens is 490 g/mol. The number of rotatable bonds is 10. The molecule has 188 valence electrons. The minimum atomic E-state index is -0.730. The van der Waals surface area contributed by atoms with Crippen molar-refractivity contribution >= 4 is 46.4 Å². The van der Waals surface area contributed by atoms with Crippen LogP contribution in [0.4, 0.5) is 17.1 Å². The number of ether oxygens (including phenoxy) is 1. The first-order valence-corrected chi connectivity index (χ1v) is 11.8. The Bertz CT molecular complexity index is 1180. The van der Waals surface area contributed by atoms with Crippen LogP contribution in [0.3, 0.4) is 0 Å². The third-order valence-corrected chi connectivity index (χ3v) is 6.29. The van der Waals surface area contributed by atoms with Crippen molar-refractivity contribution in [2.24, 2.45) is 5.10 Å². The molecule has 0 aromatic heterocycles. The lowest BCUT2D eigenvalue weighted by Gasteiger charge is -2.14. The van der Waals surface area contributed by atoms with Crippen LogP contribution in [0, 0.1) is 20.2 Å². The van der Waals surface area contributed by atoms with Crippen LogP contribution in [0.15, 0.2) is 64.6 Å². The van der Waals surface area contributed by atoms with Crippen LogP contribution in [0.2, 0.25) is 0 Å². The third kappa shape index (κ3) is 7.12. The Labute approximate surface area is 210 Å². The Hall–Kier alpha value is -4.26. The fourth-order valence-electron chi connectivity index (χ4n) is 3.31. The van der Waals surface area contributed by atoms with Gasteiger partial charge < -0.3 is 10.1 Å². The van der Waals surface area contributed by atoms with E-state index in [-0.39, 0.29) is 24.0 Å². The predicted octanol–water partition coefficient (Wildman–Crippen LogP) is 4.04. The van der Waals surface area contributed by atoms with E-state index in [1.54, 1.807) is 30.3 Å². The molecule has 2 aromatic carbocycles. The SMILES string of the molecule is COC(=O)CCC/C=C1/SC[C@@H](NC(=O)c2ccccc2)/C1=N\Nc1cc([N+](=O)[O-])cc([N+](=O)[O-])c1. The zero-order chi connectivity index (χ0) is 26.1. The number of hydrazone groups is 1. The van der Waals surface area contributed by atoms with E-state index in [1.807, 2.05) is 6.08 Å². The highest BCUT2D eigenvalue weighted by Gasteiger charge is 2.30. The number of methoxy groups -OCH3 is 1. The summed E-state index contributed by atoms with van der Waals surface area (Å²) in [6.45, 7) is 0. The molecular formula is C23H23N5O7S. The van der Waals surface area contributed by atoms with Crippen LogP contribution in [-0.4, -0.2) is 46.3 Å². The number of allylic oxidation sites excluding steroid dienone is 1. The van der Waals surface area contributed by atoms with Gasteiger partial charge >= 0.3 is 5.97 Å². The van der Waals surface area contributed by atoms with Crippen LogP contribution in [0.5, 0.6) is 0 Å². The quantitative estimate of drug-likeness (QED) is 0.206. The molecule has 1 heterocycles. The molecule has 36 heavy (non-hydrogen) atoms. The number of anilines is 1. The highest BCUT2D eigenvalue weighted by molar-refractivity contribution is 8.04. The lowest BCUT2D eigenvalue weighted by Crippen LogP contribution is -2.40. The maximum absolute atomic E-state index is 12.7. The molecule has 1 aliphatic heterocycles. The molecule has 0 saturated carbocycles. The number of nitrogens with zero attached hydrogens (tertiary/aromatic N) is 3. The summed E-state index contributed by atoms with van der Waals surface area (Å²) in [7, 11) is 1.32. The number of thioether (sulfide) groups is 1. The second kappa shape index (κ2) is 12.4. The smallest absolute Gasteiger partial charge is 0.305 e. The minimum absolute atomic E-state index is 0.0541. The van der Waals surface area contributed by atoms with E-state index in [9.17, 15) is 29.8 Å². The average molecular weight is 514 g/mol. The molecule has 0 unspecified atom stereocenters. The van der Waals surface area contributed by atoms with E-state index in [0.29, 0.717) is 29.9 Å². The molecule has 0 bridgehead atoms. The summed E-state index contributed by atoms with van der Waals surface area (Å²) in [5.74, 6) is -0.132. The summed E-state index contributed by atoms with van der Waals surface area (Å²) in [5.41, 5.74) is 2.75. The predicted molar refractivity (Wildman–Crippen MR) is 135 cm³/mol. The van der Waals surface area contributed by atoms with Gasteiger partial charge in [-0.05, 0) is 25.0 Å². The van der Waals surface area contributed by atoms with Crippen LogP contribution >= 0.6 is 11.8 Å². The van der Waals surface area contributed by atoms with Crippen molar-refractivity contribution in [3.8, 4) is 0 Å². The van der Waals surface area contributed by atoms with Crippen molar-refractivity contribution in [2.75, 3.05) is 18.3 Å². The highest BCUT2D eigenvalue weighted by Crippen LogP contribution is 2.31. The van der Waals surface area contributed by atoms with E-state index >= 15 is 0 Å². The number of nitrogens with one attached hydrogen (secondary N) is 2. The summed E-state index contributed by atoms with van der Waals surface area (Å²) in [5, 5.41) is 29.7. The topological polar surface area (TPSA) is 166 Å². The normalized spacial score (nSPS) is 17.1. The van der Waals surface area contributed by atoms with Gasteiger partial charge in [-0.3, -0.25) is 35.2 Å². The monoisotopic (exact) mass is 513 g/mol. The summed E-state index contributed by atoms with van der Waals surface area (Å²) >= 11 is 1.45. The largest absolute Gasteiger partial charge is 0.469 e. The standard InChI is InChI=1S/C23H23N5O7S/c1-35-21(29)10-6-5-9-20-22(19(14-36-20)24-23(30)15-7-3-2-4-8-15)26-25-16-11-17(27(31)32)13-18(12-16)28(33)34/h2-4,7-9,11-13,19,25H,5-6,10,14H2,1H3,(H,24,30)/b20-9+,26-22+/t19-/m1/s1. The fourth-order valence-corrected chi connectivity index (χ4v) is 4.47. The number of hydrogen-bond acceptors (Lipinski definition) is 10. The van der Waals surface area contributed by atoms with Gasteiger partial charge in [-0.1, -0.05) is 24.3 Å². The Morgan fingerprint density at radius 1 is 1.14 bits per heavy atom. The molecule has 1 aliphatic rings. The molecule has 3 rings (SSSR count). The molecule has 2 aromatic rings. The van der Waals surface area contributed by atoms with Crippen molar-refractivity contribution in [1.82, 2.24) is 5.32 Å². The van der Waals surface area contributed by atoms with Crippen molar-refractivity contribution < 1.29 is 24.2 Å². The Morgan fingerprint density at radius 3 is 2.42 bits per heavy atom. The fraction of sp³-hybridized carbons (Fsp3) is 0.261. The summed E-state index contributed by atoms with van der Waals surface area (Å²) in [6.07, 6.45) is 3.24.